The molecular weight excluding hydrogens is 200 g/mol. The Labute approximate surface area is 95.2 Å². The minimum absolute atomic E-state index is 0.221. The van der Waals surface area contributed by atoms with E-state index in [0.29, 0.717) is 6.42 Å². The predicted octanol–water partition coefficient (Wildman–Crippen LogP) is 2.88. The Morgan fingerprint density at radius 1 is 1.44 bits per heavy atom. The van der Waals surface area contributed by atoms with Crippen LogP contribution in [0, 0.1) is 6.92 Å². The Kier molecular flexibility index (Phi) is 2.65. The molecule has 16 heavy (non-hydrogen) atoms. The molecule has 0 radical (unpaired) electrons. The minimum Gasteiger partial charge on any atom is -0.434 e. The van der Waals surface area contributed by atoms with Gasteiger partial charge in [0.15, 0.2) is 0 Å². The number of rotatable bonds is 3. The van der Waals surface area contributed by atoms with Gasteiger partial charge in [0.05, 0.1) is 6.26 Å². The fourth-order valence-electron chi connectivity index (χ4n) is 2.15. The molecule has 1 aromatic rings. The normalized spacial score (nSPS) is 23.2. The van der Waals surface area contributed by atoms with Crippen LogP contribution in [0.2, 0.25) is 0 Å². The topological polar surface area (TPSA) is 26.3 Å². The lowest BCUT2D eigenvalue weighted by Gasteiger charge is -2.24. The number of benzene rings is 1. The summed E-state index contributed by atoms with van der Waals surface area (Å²) in [5.74, 6) is -0.221. The average Bonchev–Trinajstić information content (AvgIpc) is 2.62. The van der Waals surface area contributed by atoms with Crippen molar-refractivity contribution in [3.05, 3.63) is 60.4 Å². The summed E-state index contributed by atoms with van der Waals surface area (Å²) in [7, 11) is 0. The number of allylic oxidation sites excluding steroid dienone is 1. The van der Waals surface area contributed by atoms with Crippen molar-refractivity contribution in [3.8, 4) is 0 Å². The number of carbonyl (C=O) groups is 1. The zero-order valence-corrected chi connectivity index (χ0v) is 9.27. The quantitative estimate of drug-likeness (QED) is 0.571. The van der Waals surface area contributed by atoms with Gasteiger partial charge in [0, 0.05) is 0 Å². The average molecular weight is 214 g/mol. The largest absolute Gasteiger partial charge is 0.434 e. The zero-order chi connectivity index (χ0) is 11.6. The van der Waals surface area contributed by atoms with Gasteiger partial charge in [-0.2, -0.15) is 0 Å². The summed E-state index contributed by atoms with van der Waals surface area (Å²) >= 11 is 0. The van der Waals surface area contributed by atoms with Crippen LogP contribution in [0.4, 0.5) is 0 Å². The molecule has 0 unspecified atom stereocenters. The molecule has 1 aromatic carbocycles. The molecule has 1 aliphatic rings. The van der Waals surface area contributed by atoms with E-state index in [0.717, 1.165) is 11.1 Å². The number of hydrogen-bond donors (Lipinski definition) is 0. The molecule has 1 aliphatic heterocycles. The number of hydrogen-bond acceptors (Lipinski definition) is 2. The van der Waals surface area contributed by atoms with Gasteiger partial charge in [0.2, 0.25) is 0 Å². The molecule has 82 valence electrons. The number of cyclic esters (lactones) is 1. The second-order valence-electron chi connectivity index (χ2n) is 3.99. The molecule has 0 fully saturated rings. The molecule has 0 N–H and O–H groups in total. The predicted molar refractivity (Wildman–Crippen MR) is 62.9 cm³/mol. The summed E-state index contributed by atoms with van der Waals surface area (Å²) in [5, 5.41) is 0. The number of carbonyl (C=O) groups excluding carboxylic acids is 1. The highest BCUT2D eigenvalue weighted by atomic mass is 16.5. The van der Waals surface area contributed by atoms with Crippen molar-refractivity contribution in [2.75, 3.05) is 0 Å². The summed E-state index contributed by atoms with van der Waals surface area (Å²) in [6, 6.07) is 7.87. The van der Waals surface area contributed by atoms with Crippen LogP contribution in [0.1, 0.15) is 17.5 Å². The van der Waals surface area contributed by atoms with Crippen LogP contribution < -0.4 is 0 Å². The smallest absolute Gasteiger partial charge is 0.325 e. The van der Waals surface area contributed by atoms with Gasteiger partial charge in [-0.25, -0.2) is 0 Å². The zero-order valence-electron chi connectivity index (χ0n) is 9.27. The van der Waals surface area contributed by atoms with Gasteiger partial charge in [-0.3, -0.25) is 4.79 Å². The maximum atomic E-state index is 11.9. The van der Waals surface area contributed by atoms with Crippen LogP contribution in [-0.4, -0.2) is 5.97 Å². The maximum Gasteiger partial charge on any atom is 0.325 e. The molecule has 2 heteroatoms. The van der Waals surface area contributed by atoms with Gasteiger partial charge < -0.3 is 4.74 Å². The Balaban J connectivity index is 2.56. The molecule has 0 bridgehead atoms. The summed E-state index contributed by atoms with van der Waals surface area (Å²) in [6.07, 6.45) is 5.61. The highest BCUT2D eigenvalue weighted by Crippen LogP contribution is 2.37. The van der Waals surface area contributed by atoms with E-state index in [1.165, 1.54) is 6.26 Å². The minimum atomic E-state index is -0.674. The van der Waals surface area contributed by atoms with Crippen LogP contribution in [-0.2, 0) is 14.9 Å². The van der Waals surface area contributed by atoms with Crippen LogP contribution >= 0.6 is 0 Å². The first kappa shape index (κ1) is 10.7. The summed E-state index contributed by atoms with van der Waals surface area (Å²) in [5.41, 5.74) is 1.41. The molecule has 0 saturated heterocycles. The second-order valence-corrected chi connectivity index (χ2v) is 3.99. The molecule has 2 nitrogen and oxygen atoms in total. The Morgan fingerprint density at radius 3 is 2.75 bits per heavy atom. The molecular formula is C14H14O2. The molecule has 0 spiro atoms. The lowest BCUT2D eigenvalue weighted by atomic mass is 9.76. The van der Waals surface area contributed by atoms with E-state index < -0.39 is 5.41 Å². The van der Waals surface area contributed by atoms with Gasteiger partial charge in [-0.1, -0.05) is 30.3 Å². The van der Waals surface area contributed by atoms with Crippen molar-refractivity contribution in [2.24, 2.45) is 0 Å². The van der Waals surface area contributed by atoms with Crippen molar-refractivity contribution in [1.29, 1.82) is 0 Å². The van der Waals surface area contributed by atoms with Crippen molar-refractivity contribution in [3.63, 3.8) is 0 Å². The second kappa shape index (κ2) is 3.97. The molecule has 0 aliphatic carbocycles. The third-order valence-electron chi connectivity index (χ3n) is 2.98. The van der Waals surface area contributed by atoms with Crippen molar-refractivity contribution < 1.29 is 9.53 Å². The van der Waals surface area contributed by atoms with Gasteiger partial charge >= 0.3 is 5.97 Å². The summed E-state index contributed by atoms with van der Waals surface area (Å²) in [4.78, 5) is 11.9. The van der Waals surface area contributed by atoms with E-state index >= 15 is 0 Å². The third kappa shape index (κ3) is 1.47. The van der Waals surface area contributed by atoms with E-state index in [4.69, 9.17) is 4.74 Å². The number of aryl methyl sites for hydroxylation is 1. The maximum absolute atomic E-state index is 11.9. The SMILES string of the molecule is C=CC[C@]1(c2ccccc2C)C=COC1=O. The molecule has 2 rings (SSSR count). The van der Waals surface area contributed by atoms with Crippen molar-refractivity contribution in [1.82, 2.24) is 0 Å². The lowest BCUT2D eigenvalue weighted by molar-refractivity contribution is -0.140. The van der Waals surface area contributed by atoms with E-state index in [2.05, 4.69) is 6.58 Å². The molecule has 1 atom stereocenters. The van der Waals surface area contributed by atoms with Crippen molar-refractivity contribution >= 4 is 5.97 Å². The van der Waals surface area contributed by atoms with Crippen LogP contribution in [0.25, 0.3) is 0 Å². The highest BCUT2D eigenvalue weighted by Gasteiger charge is 2.42. The van der Waals surface area contributed by atoms with E-state index in [-0.39, 0.29) is 5.97 Å². The van der Waals surface area contributed by atoms with E-state index in [9.17, 15) is 4.79 Å². The van der Waals surface area contributed by atoms with Crippen LogP contribution in [0.5, 0.6) is 0 Å². The molecule has 0 saturated carbocycles. The number of ether oxygens (including phenoxy) is 1. The van der Waals surface area contributed by atoms with Crippen molar-refractivity contribution in [2.45, 2.75) is 18.8 Å². The van der Waals surface area contributed by atoms with Gasteiger partial charge in [-0.15, -0.1) is 6.58 Å². The first-order valence-electron chi connectivity index (χ1n) is 5.26. The standard InChI is InChI=1S/C14H14O2/c1-3-8-14(9-10-16-13(14)15)12-7-5-4-6-11(12)2/h3-7,9-10H,1,8H2,2H3/t14-/m1/s1. The van der Waals surface area contributed by atoms with Crippen LogP contribution in [0.3, 0.4) is 0 Å². The Hall–Kier alpha value is -1.83. The first-order chi connectivity index (χ1) is 7.70. The molecule has 1 heterocycles. The lowest BCUT2D eigenvalue weighted by Crippen LogP contribution is -2.31. The van der Waals surface area contributed by atoms with E-state index in [1.807, 2.05) is 37.3 Å². The fourth-order valence-corrected chi connectivity index (χ4v) is 2.15. The van der Waals surface area contributed by atoms with E-state index in [1.54, 1.807) is 6.08 Å². The molecule has 0 aromatic heterocycles. The molecule has 0 amide bonds. The van der Waals surface area contributed by atoms with Gasteiger partial charge in [0.1, 0.15) is 5.41 Å². The van der Waals surface area contributed by atoms with Gasteiger partial charge in [0.25, 0.3) is 0 Å². The monoisotopic (exact) mass is 214 g/mol. The number of esters is 1. The first-order valence-corrected chi connectivity index (χ1v) is 5.26. The van der Waals surface area contributed by atoms with Gasteiger partial charge in [-0.05, 0) is 30.5 Å². The summed E-state index contributed by atoms with van der Waals surface area (Å²) < 4.78 is 4.96. The van der Waals surface area contributed by atoms with Crippen LogP contribution in [0.15, 0.2) is 49.3 Å². The third-order valence-corrected chi connectivity index (χ3v) is 2.98. The summed E-state index contributed by atoms with van der Waals surface area (Å²) in [6.45, 7) is 5.72. The highest BCUT2D eigenvalue weighted by molar-refractivity contribution is 5.89. The Bertz CT molecular complexity index is 460. The Morgan fingerprint density at radius 2 is 2.19 bits per heavy atom. The fraction of sp³-hybridized carbons (Fsp3) is 0.214.